The number of urea groups is 1. The number of alkyl halides is 3. The van der Waals surface area contributed by atoms with Gasteiger partial charge in [-0.25, -0.2) is 18.0 Å². The van der Waals surface area contributed by atoms with Crippen LogP contribution in [0.5, 0.6) is 0 Å². The van der Waals surface area contributed by atoms with Gasteiger partial charge >= 0.3 is 6.03 Å². The number of amides is 2. The van der Waals surface area contributed by atoms with E-state index in [-0.39, 0.29) is 18.4 Å². The predicted octanol–water partition coefficient (Wildman–Crippen LogP) is 4.65. The minimum atomic E-state index is -3.02. The van der Waals surface area contributed by atoms with Gasteiger partial charge in [0.05, 0.1) is 18.1 Å². The van der Waals surface area contributed by atoms with Crippen LogP contribution in [0.15, 0.2) is 4.52 Å². The van der Waals surface area contributed by atoms with Crippen LogP contribution in [0.4, 0.5) is 18.0 Å². The molecule has 3 aliphatic carbocycles. The lowest BCUT2D eigenvalue weighted by Crippen LogP contribution is -2.62. The van der Waals surface area contributed by atoms with Crippen molar-refractivity contribution >= 4 is 6.03 Å². The molecule has 2 saturated heterocycles. The third-order valence-electron chi connectivity index (χ3n) is 10.1. The molecule has 3 heterocycles. The minimum absolute atomic E-state index is 0.0165. The van der Waals surface area contributed by atoms with E-state index in [4.69, 9.17) is 9.26 Å². The smallest absolute Gasteiger partial charge is 0.317 e. The van der Waals surface area contributed by atoms with Crippen molar-refractivity contribution in [3.63, 3.8) is 0 Å². The summed E-state index contributed by atoms with van der Waals surface area (Å²) in [5.74, 6) is -1.72. The molecule has 5 fully saturated rings. The average molecular weight is 554 g/mol. The summed E-state index contributed by atoms with van der Waals surface area (Å²) in [6.07, 6.45) is 2.77. The Morgan fingerprint density at radius 3 is 2.41 bits per heavy atom. The number of ether oxygens (including phenoxy) is 1. The van der Waals surface area contributed by atoms with E-state index in [0.29, 0.717) is 74.8 Å². The largest absolute Gasteiger partial charge is 0.372 e. The molecule has 3 saturated carbocycles. The quantitative estimate of drug-likeness (QED) is 0.552. The van der Waals surface area contributed by atoms with Gasteiger partial charge in [0.2, 0.25) is 5.89 Å². The van der Waals surface area contributed by atoms with Crippen molar-refractivity contribution in [2.45, 2.75) is 120 Å². The molecule has 2 bridgehead atoms. The van der Waals surface area contributed by atoms with Gasteiger partial charge in [-0.05, 0) is 70.6 Å². The van der Waals surface area contributed by atoms with Crippen LogP contribution >= 0.6 is 0 Å². The van der Waals surface area contributed by atoms with Crippen LogP contribution in [0.1, 0.15) is 89.8 Å². The molecule has 8 nitrogen and oxygen atoms in total. The number of fused-ring (bicyclic) bond motifs is 2. The zero-order valence-electron chi connectivity index (χ0n) is 23.3. The molecular weight excluding hydrogens is 511 g/mol. The Morgan fingerprint density at radius 2 is 1.79 bits per heavy atom. The Morgan fingerprint density at radius 1 is 1.13 bits per heavy atom. The lowest BCUT2D eigenvalue weighted by molar-refractivity contribution is -0.161. The molecular formula is C28H42F3N5O3. The molecule has 2 amide bonds. The highest BCUT2D eigenvalue weighted by Crippen LogP contribution is 2.45. The molecule has 1 N–H and O–H groups in total. The molecule has 0 spiro atoms. The van der Waals surface area contributed by atoms with Crippen molar-refractivity contribution in [1.29, 1.82) is 0 Å². The summed E-state index contributed by atoms with van der Waals surface area (Å²) in [7, 11) is 0. The van der Waals surface area contributed by atoms with Crippen molar-refractivity contribution in [3.05, 3.63) is 11.7 Å². The first-order valence-corrected chi connectivity index (χ1v) is 14.8. The molecule has 11 heteroatoms. The normalized spacial score (nSPS) is 37.7. The summed E-state index contributed by atoms with van der Waals surface area (Å²) in [6.45, 7) is 9.09. The first-order valence-electron chi connectivity index (χ1n) is 14.8. The number of hydrogen-bond donors (Lipinski definition) is 1. The molecule has 2 aliphatic heterocycles. The topological polar surface area (TPSA) is 83.7 Å². The molecule has 0 aromatic carbocycles. The zero-order chi connectivity index (χ0) is 27.5. The van der Waals surface area contributed by atoms with Gasteiger partial charge in [0, 0.05) is 44.1 Å². The maximum Gasteiger partial charge on any atom is 0.317 e. The third kappa shape index (κ3) is 5.29. The van der Waals surface area contributed by atoms with E-state index in [1.165, 1.54) is 0 Å². The Kier molecular flexibility index (Phi) is 7.13. The highest BCUT2D eigenvalue weighted by Gasteiger charge is 2.52. The van der Waals surface area contributed by atoms with Gasteiger partial charge in [0.15, 0.2) is 5.82 Å². The summed E-state index contributed by atoms with van der Waals surface area (Å²) in [5, 5.41) is 6.80. The van der Waals surface area contributed by atoms with E-state index >= 15 is 8.78 Å². The molecule has 39 heavy (non-hydrogen) atoms. The fourth-order valence-electron chi connectivity index (χ4n) is 7.23. The van der Waals surface area contributed by atoms with Crippen molar-refractivity contribution in [2.75, 3.05) is 26.2 Å². The number of piperidine rings is 2. The standard InChI is InChI=1S/C28H42F3N5O3/c1-16(2)36-14-17-6-7-18(15-36)22(17)38-21-5-4-8-28(30,31)23(21)32-26(37)35-11-9-27(3,10-12-35)25-33-24(39-34-25)19-13-20(19)29/h16-23H,4-15H2,1-3H3,(H,32,37)/t17-,18+,19-,20+,21+,22+,23-/m1/s1. The van der Waals surface area contributed by atoms with E-state index in [2.05, 4.69) is 34.2 Å². The fourth-order valence-corrected chi connectivity index (χ4v) is 7.23. The monoisotopic (exact) mass is 553 g/mol. The Balaban J connectivity index is 1.08. The van der Waals surface area contributed by atoms with Crippen LogP contribution in [0.3, 0.4) is 0 Å². The van der Waals surface area contributed by atoms with Gasteiger partial charge in [-0.1, -0.05) is 12.1 Å². The van der Waals surface area contributed by atoms with Gasteiger partial charge in [-0.2, -0.15) is 4.98 Å². The van der Waals surface area contributed by atoms with Gasteiger partial charge in [0.1, 0.15) is 12.2 Å². The maximum atomic E-state index is 15.2. The second-order valence-corrected chi connectivity index (χ2v) is 13.2. The molecule has 1 aromatic rings. The highest BCUT2D eigenvalue weighted by molar-refractivity contribution is 5.75. The number of hydrogen-bond acceptors (Lipinski definition) is 6. The lowest BCUT2D eigenvalue weighted by Gasteiger charge is -2.45. The number of aromatic nitrogens is 2. The summed E-state index contributed by atoms with van der Waals surface area (Å²) in [6, 6.07) is -1.34. The molecule has 218 valence electrons. The maximum absolute atomic E-state index is 15.2. The van der Waals surface area contributed by atoms with Crippen LogP contribution in [0.25, 0.3) is 0 Å². The second kappa shape index (κ2) is 10.2. The Bertz CT molecular complexity index is 1030. The number of likely N-dealkylation sites (tertiary alicyclic amines) is 2. The summed E-state index contributed by atoms with van der Waals surface area (Å²) in [4.78, 5) is 21.8. The van der Waals surface area contributed by atoms with Crippen molar-refractivity contribution < 1.29 is 27.2 Å². The van der Waals surface area contributed by atoms with Crippen molar-refractivity contribution in [1.82, 2.24) is 25.3 Å². The summed E-state index contributed by atoms with van der Waals surface area (Å²) >= 11 is 0. The van der Waals surface area contributed by atoms with E-state index in [1.54, 1.807) is 4.90 Å². The Hall–Kier alpha value is -1.88. The molecule has 7 atom stereocenters. The first kappa shape index (κ1) is 27.3. The van der Waals surface area contributed by atoms with E-state index in [1.807, 2.05) is 6.92 Å². The third-order valence-corrected chi connectivity index (χ3v) is 10.1. The molecule has 1 aromatic heterocycles. The summed E-state index contributed by atoms with van der Waals surface area (Å²) in [5.41, 5.74) is -0.413. The molecule has 6 rings (SSSR count). The van der Waals surface area contributed by atoms with Crippen LogP contribution in [-0.2, 0) is 10.2 Å². The van der Waals surface area contributed by atoms with E-state index < -0.39 is 35.7 Å². The SMILES string of the molecule is CC(C)N1C[C@H]2CC[C@@H](C1)[C@H]2O[C@H]1CCCC(F)(F)[C@@H]1NC(=O)N1CCC(C)(c2noc([C@@H]3C[C@@H]3F)n2)CC1. The van der Waals surface area contributed by atoms with Crippen LogP contribution in [0.2, 0.25) is 0 Å². The van der Waals surface area contributed by atoms with Crippen LogP contribution < -0.4 is 5.32 Å². The van der Waals surface area contributed by atoms with Gasteiger partial charge in [-0.3, -0.25) is 0 Å². The lowest BCUT2D eigenvalue weighted by atomic mass is 9.79. The Labute approximate surface area is 228 Å². The van der Waals surface area contributed by atoms with Crippen molar-refractivity contribution in [3.8, 4) is 0 Å². The number of nitrogens with one attached hydrogen (secondary N) is 1. The number of nitrogens with zero attached hydrogens (tertiary/aromatic N) is 4. The summed E-state index contributed by atoms with van der Waals surface area (Å²) < 4.78 is 55.7. The average Bonchev–Trinajstić information content (AvgIpc) is 3.31. The zero-order valence-corrected chi connectivity index (χ0v) is 23.3. The van der Waals surface area contributed by atoms with Crippen molar-refractivity contribution in [2.24, 2.45) is 11.8 Å². The van der Waals surface area contributed by atoms with E-state index in [0.717, 1.165) is 25.9 Å². The van der Waals surface area contributed by atoms with E-state index in [9.17, 15) is 9.18 Å². The molecule has 5 aliphatic rings. The van der Waals surface area contributed by atoms with Gasteiger partial charge < -0.3 is 24.4 Å². The number of rotatable bonds is 6. The fraction of sp³-hybridized carbons (Fsp3) is 0.893. The van der Waals surface area contributed by atoms with Gasteiger partial charge in [0.25, 0.3) is 5.92 Å². The van der Waals surface area contributed by atoms with Gasteiger partial charge in [-0.15, -0.1) is 0 Å². The number of halogens is 3. The van der Waals surface area contributed by atoms with Crippen LogP contribution in [0, 0.1) is 11.8 Å². The second-order valence-electron chi connectivity index (χ2n) is 13.2. The predicted molar refractivity (Wildman–Crippen MR) is 137 cm³/mol. The number of carbonyl (C=O) groups excluding carboxylic acids is 1. The highest BCUT2D eigenvalue weighted by atomic mass is 19.3. The molecule has 0 radical (unpaired) electrons. The molecule has 0 unspecified atom stereocenters. The minimum Gasteiger partial charge on any atom is -0.372 e. The number of carbonyl (C=O) groups is 1. The first-order chi connectivity index (χ1) is 18.5. The van der Waals surface area contributed by atoms with Crippen LogP contribution in [-0.4, -0.2) is 88.5 Å².